The lowest BCUT2D eigenvalue weighted by molar-refractivity contribution is 0.163. The van der Waals surface area contributed by atoms with Crippen molar-refractivity contribution in [3.05, 3.63) is 29.8 Å². The first-order valence-corrected chi connectivity index (χ1v) is 7.94. The fourth-order valence-corrected chi connectivity index (χ4v) is 2.54. The second-order valence-corrected chi connectivity index (χ2v) is 6.32. The molecule has 3 N–H and O–H groups in total. The van der Waals surface area contributed by atoms with E-state index in [1.54, 1.807) is 24.3 Å². The van der Waals surface area contributed by atoms with Gasteiger partial charge >= 0.3 is 0 Å². The smallest absolute Gasteiger partial charge is 0.234 e. The number of anilines is 1. The zero-order valence-corrected chi connectivity index (χ0v) is 12.4. The van der Waals surface area contributed by atoms with E-state index in [0.29, 0.717) is 23.7 Å². The third-order valence-corrected chi connectivity index (χ3v) is 3.70. The molecule has 7 heteroatoms. The first-order chi connectivity index (χ1) is 8.93. The molecule has 0 radical (unpaired) electrons. The summed E-state index contributed by atoms with van der Waals surface area (Å²) in [6, 6.07) is 6.96. The lowest BCUT2D eigenvalue weighted by Crippen LogP contribution is -2.20. The molecular formula is C12H18N2O3S2. The third kappa shape index (κ3) is 6.51. The Kier molecular flexibility index (Phi) is 6.20. The Bertz CT molecular complexity index is 512. The van der Waals surface area contributed by atoms with Gasteiger partial charge in [-0.05, 0) is 24.6 Å². The molecule has 0 aliphatic rings. The monoisotopic (exact) mass is 302 g/mol. The van der Waals surface area contributed by atoms with Gasteiger partial charge < -0.3 is 10.5 Å². The van der Waals surface area contributed by atoms with Crippen LogP contribution in [0, 0.1) is 0 Å². The van der Waals surface area contributed by atoms with Gasteiger partial charge in [0.15, 0.2) is 0 Å². The van der Waals surface area contributed by atoms with Gasteiger partial charge in [0.2, 0.25) is 10.0 Å². The van der Waals surface area contributed by atoms with Gasteiger partial charge in [0.1, 0.15) is 0 Å². The molecule has 0 atom stereocenters. The SMILES string of the molecule is CCOCCS(=O)(=O)Nc1ccc(CC(N)=S)cc1. The van der Waals surface area contributed by atoms with Gasteiger partial charge in [0, 0.05) is 18.7 Å². The minimum absolute atomic E-state index is 0.0600. The highest BCUT2D eigenvalue weighted by molar-refractivity contribution is 7.92. The highest BCUT2D eigenvalue weighted by Gasteiger charge is 2.10. The van der Waals surface area contributed by atoms with Crippen molar-refractivity contribution < 1.29 is 13.2 Å². The van der Waals surface area contributed by atoms with Gasteiger partial charge in [-0.15, -0.1) is 0 Å². The van der Waals surface area contributed by atoms with Gasteiger partial charge in [-0.2, -0.15) is 0 Å². The largest absolute Gasteiger partial charge is 0.393 e. The number of hydrogen-bond acceptors (Lipinski definition) is 4. The van der Waals surface area contributed by atoms with Crippen molar-refractivity contribution in [3.63, 3.8) is 0 Å². The quantitative estimate of drug-likeness (QED) is 0.559. The molecule has 0 amide bonds. The first-order valence-electron chi connectivity index (χ1n) is 5.88. The zero-order chi connectivity index (χ0) is 14.3. The zero-order valence-electron chi connectivity index (χ0n) is 10.8. The molecule has 0 spiro atoms. The van der Waals surface area contributed by atoms with Crippen LogP contribution in [0.15, 0.2) is 24.3 Å². The normalized spacial score (nSPS) is 11.2. The molecule has 0 saturated heterocycles. The van der Waals surface area contributed by atoms with Crippen LogP contribution in [0.2, 0.25) is 0 Å². The molecule has 0 saturated carbocycles. The van der Waals surface area contributed by atoms with Gasteiger partial charge in [0.25, 0.3) is 0 Å². The summed E-state index contributed by atoms with van der Waals surface area (Å²) in [6.07, 6.45) is 0.507. The molecule has 5 nitrogen and oxygen atoms in total. The molecule has 1 rings (SSSR count). The minimum Gasteiger partial charge on any atom is -0.393 e. The number of ether oxygens (including phenoxy) is 1. The van der Waals surface area contributed by atoms with E-state index in [-0.39, 0.29) is 12.4 Å². The second kappa shape index (κ2) is 7.42. The van der Waals surface area contributed by atoms with Crippen LogP contribution in [-0.2, 0) is 21.2 Å². The van der Waals surface area contributed by atoms with Crippen LogP contribution in [0.1, 0.15) is 12.5 Å². The molecule has 1 aromatic rings. The summed E-state index contributed by atoms with van der Waals surface area (Å²) in [5, 5.41) is 0. The van der Waals surface area contributed by atoms with E-state index in [1.807, 2.05) is 6.92 Å². The van der Waals surface area contributed by atoms with E-state index in [4.69, 9.17) is 22.7 Å². The standard InChI is InChI=1S/C12H18N2O3S2/c1-2-17-7-8-19(15,16)14-11-5-3-10(4-6-11)9-12(13)18/h3-6,14H,2,7-9H2,1H3,(H2,13,18). The van der Waals surface area contributed by atoms with Crippen molar-refractivity contribution in [1.82, 2.24) is 0 Å². The van der Waals surface area contributed by atoms with Gasteiger partial charge in [-0.25, -0.2) is 8.42 Å². The molecule has 0 aliphatic heterocycles. The fourth-order valence-electron chi connectivity index (χ4n) is 1.44. The van der Waals surface area contributed by atoms with E-state index in [2.05, 4.69) is 4.72 Å². The molecule has 0 bridgehead atoms. The number of sulfonamides is 1. The lowest BCUT2D eigenvalue weighted by Gasteiger charge is -2.08. The second-order valence-electron chi connectivity index (χ2n) is 3.96. The molecule has 106 valence electrons. The van der Waals surface area contributed by atoms with Crippen molar-refractivity contribution in [1.29, 1.82) is 0 Å². The molecule has 0 heterocycles. The summed E-state index contributed by atoms with van der Waals surface area (Å²) in [4.78, 5) is 0.407. The molecule has 0 unspecified atom stereocenters. The molecule has 0 fully saturated rings. The maximum absolute atomic E-state index is 11.7. The summed E-state index contributed by atoms with van der Waals surface area (Å²) in [7, 11) is -3.37. The lowest BCUT2D eigenvalue weighted by atomic mass is 10.1. The highest BCUT2D eigenvalue weighted by atomic mass is 32.2. The topological polar surface area (TPSA) is 81.4 Å². The van der Waals surface area contributed by atoms with Crippen LogP contribution < -0.4 is 10.5 Å². The van der Waals surface area contributed by atoms with Crippen LogP contribution in [-0.4, -0.2) is 32.4 Å². The van der Waals surface area contributed by atoms with Crippen LogP contribution in [0.5, 0.6) is 0 Å². The third-order valence-electron chi connectivity index (χ3n) is 2.31. The Morgan fingerprint density at radius 3 is 2.53 bits per heavy atom. The number of nitrogens with two attached hydrogens (primary N) is 1. The van der Waals surface area contributed by atoms with Gasteiger partial charge in [-0.1, -0.05) is 24.4 Å². The Morgan fingerprint density at radius 1 is 1.37 bits per heavy atom. The van der Waals surface area contributed by atoms with Crippen LogP contribution in [0.4, 0.5) is 5.69 Å². The van der Waals surface area contributed by atoms with Gasteiger partial charge in [-0.3, -0.25) is 4.72 Å². The molecule has 1 aromatic carbocycles. The van der Waals surface area contributed by atoms with E-state index >= 15 is 0 Å². The Balaban J connectivity index is 2.59. The van der Waals surface area contributed by atoms with E-state index in [0.717, 1.165) is 5.56 Å². The molecular weight excluding hydrogens is 284 g/mol. The van der Waals surface area contributed by atoms with E-state index in [9.17, 15) is 8.42 Å². The van der Waals surface area contributed by atoms with Crippen molar-refractivity contribution in [2.45, 2.75) is 13.3 Å². The van der Waals surface area contributed by atoms with Crippen molar-refractivity contribution in [3.8, 4) is 0 Å². The Labute approximate surface area is 119 Å². The van der Waals surface area contributed by atoms with Crippen molar-refractivity contribution >= 4 is 32.9 Å². The summed E-state index contributed by atoms with van der Waals surface area (Å²) in [6.45, 7) is 2.51. The average Bonchev–Trinajstić information content (AvgIpc) is 2.31. The van der Waals surface area contributed by atoms with E-state index < -0.39 is 10.0 Å². The summed E-state index contributed by atoms with van der Waals surface area (Å²) in [5.74, 6) is -0.0600. The Morgan fingerprint density at radius 2 is 2.00 bits per heavy atom. The predicted molar refractivity (Wildman–Crippen MR) is 80.8 cm³/mol. The molecule has 0 aromatic heterocycles. The van der Waals surface area contributed by atoms with Crippen LogP contribution >= 0.6 is 12.2 Å². The fraction of sp³-hybridized carbons (Fsp3) is 0.417. The molecule has 19 heavy (non-hydrogen) atoms. The summed E-state index contributed by atoms with van der Waals surface area (Å²) >= 11 is 4.81. The number of benzene rings is 1. The maximum atomic E-state index is 11.7. The number of thiocarbonyl (C=S) groups is 1. The van der Waals surface area contributed by atoms with Crippen LogP contribution in [0.3, 0.4) is 0 Å². The number of nitrogens with one attached hydrogen (secondary N) is 1. The maximum Gasteiger partial charge on any atom is 0.234 e. The summed E-state index contributed by atoms with van der Waals surface area (Å²) in [5.41, 5.74) is 6.90. The van der Waals surface area contributed by atoms with Crippen LogP contribution in [0.25, 0.3) is 0 Å². The van der Waals surface area contributed by atoms with E-state index in [1.165, 1.54) is 0 Å². The molecule has 0 aliphatic carbocycles. The average molecular weight is 302 g/mol. The summed E-state index contributed by atoms with van der Waals surface area (Å²) < 4.78 is 30.9. The highest BCUT2D eigenvalue weighted by Crippen LogP contribution is 2.12. The minimum atomic E-state index is -3.37. The van der Waals surface area contributed by atoms with Crippen molar-refractivity contribution in [2.24, 2.45) is 5.73 Å². The number of hydrogen-bond donors (Lipinski definition) is 2. The first kappa shape index (κ1) is 15.9. The van der Waals surface area contributed by atoms with Gasteiger partial charge in [0.05, 0.1) is 17.3 Å². The number of rotatable bonds is 8. The van der Waals surface area contributed by atoms with Crippen molar-refractivity contribution in [2.75, 3.05) is 23.7 Å². The predicted octanol–water partition coefficient (Wildman–Crippen LogP) is 1.29. The Hall–Kier alpha value is -1.18.